The number of methoxy groups -OCH3 is 1. The average Bonchev–Trinajstić information content (AvgIpc) is 2.16. The fourth-order valence-electron chi connectivity index (χ4n) is 1.32. The highest BCUT2D eigenvalue weighted by Crippen LogP contribution is 2.17. The van der Waals surface area contributed by atoms with Gasteiger partial charge in [0.25, 0.3) is 0 Å². The lowest BCUT2D eigenvalue weighted by Crippen LogP contribution is -1.87. The van der Waals surface area contributed by atoms with Crippen molar-refractivity contribution in [3.8, 4) is 5.88 Å². The maximum Gasteiger partial charge on any atom is 0.213 e. The normalized spacial score (nSPS) is 10.3. The number of fused-ring (bicyclic) bond motifs is 1. The van der Waals surface area contributed by atoms with Crippen molar-refractivity contribution in [3.63, 3.8) is 0 Å². The molecule has 1 heterocycles. The monoisotopic (exact) mass is 173 g/mol. The van der Waals surface area contributed by atoms with E-state index in [9.17, 15) is 0 Å². The Morgan fingerprint density at radius 3 is 2.69 bits per heavy atom. The van der Waals surface area contributed by atoms with Crippen LogP contribution in [0.5, 0.6) is 5.88 Å². The lowest BCUT2D eigenvalue weighted by Gasteiger charge is -2.01. The Hall–Kier alpha value is -1.57. The molecule has 0 bridgehead atoms. The molecule has 2 aromatic rings. The van der Waals surface area contributed by atoms with Crippen molar-refractivity contribution >= 4 is 10.9 Å². The van der Waals surface area contributed by atoms with Gasteiger partial charge in [-0.05, 0) is 24.6 Å². The van der Waals surface area contributed by atoms with E-state index in [1.807, 2.05) is 12.1 Å². The van der Waals surface area contributed by atoms with E-state index in [1.165, 1.54) is 5.56 Å². The topological polar surface area (TPSA) is 22.1 Å². The summed E-state index contributed by atoms with van der Waals surface area (Å²) in [5.74, 6) is 0.665. The number of aromatic nitrogens is 1. The number of rotatable bonds is 1. The summed E-state index contributed by atoms with van der Waals surface area (Å²) < 4.78 is 5.05. The van der Waals surface area contributed by atoms with Gasteiger partial charge in [0.1, 0.15) is 0 Å². The summed E-state index contributed by atoms with van der Waals surface area (Å²) in [5.41, 5.74) is 2.20. The molecule has 0 aliphatic rings. The molecule has 2 nitrogen and oxygen atoms in total. The summed E-state index contributed by atoms with van der Waals surface area (Å²) >= 11 is 0. The minimum atomic E-state index is 0.665. The van der Waals surface area contributed by atoms with Crippen molar-refractivity contribution < 1.29 is 4.74 Å². The van der Waals surface area contributed by atoms with Crippen molar-refractivity contribution in [3.05, 3.63) is 35.9 Å². The van der Waals surface area contributed by atoms with E-state index in [0.717, 1.165) is 10.9 Å². The molecule has 0 radical (unpaired) electrons. The number of nitrogens with zero attached hydrogens (tertiary/aromatic N) is 1. The van der Waals surface area contributed by atoms with Crippen molar-refractivity contribution in [2.75, 3.05) is 7.11 Å². The first kappa shape index (κ1) is 8.05. The van der Waals surface area contributed by atoms with Gasteiger partial charge in [-0.15, -0.1) is 0 Å². The Balaban J connectivity index is 2.68. The van der Waals surface area contributed by atoms with Crippen LogP contribution in [0.1, 0.15) is 5.56 Å². The predicted octanol–water partition coefficient (Wildman–Crippen LogP) is 2.55. The Morgan fingerprint density at radius 1 is 1.15 bits per heavy atom. The lowest BCUT2D eigenvalue weighted by atomic mass is 10.1. The van der Waals surface area contributed by atoms with E-state index in [4.69, 9.17) is 4.74 Å². The van der Waals surface area contributed by atoms with Crippen LogP contribution in [0.4, 0.5) is 0 Å². The standard InChI is InChI=1S/C11H11NO/c1-8-3-4-9-5-6-11(13-2)12-10(9)7-8/h3-7H,1-2H3. The zero-order valence-corrected chi connectivity index (χ0v) is 7.74. The van der Waals surface area contributed by atoms with Crippen LogP contribution < -0.4 is 4.74 Å². The van der Waals surface area contributed by atoms with Gasteiger partial charge in [-0.3, -0.25) is 0 Å². The number of benzene rings is 1. The molecule has 2 rings (SSSR count). The van der Waals surface area contributed by atoms with Gasteiger partial charge in [-0.1, -0.05) is 12.1 Å². The molecule has 0 N–H and O–H groups in total. The number of pyridine rings is 1. The Kier molecular flexibility index (Phi) is 1.89. The molecule has 1 aromatic heterocycles. The van der Waals surface area contributed by atoms with Crippen LogP contribution in [-0.4, -0.2) is 12.1 Å². The van der Waals surface area contributed by atoms with Gasteiger partial charge in [0, 0.05) is 11.5 Å². The van der Waals surface area contributed by atoms with Crippen LogP contribution in [0.15, 0.2) is 30.3 Å². The zero-order chi connectivity index (χ0) is 9.26. The molecule has 13 heavy (non-hydrogen) atoms. The molecule has 0 amide bonds. The number of ether oxygens (including phenoxy) is 1. The molecular weight excluding hydrogens is 162 g/mol. The number of aryl methyl sites for hydroxylation is 1. The molecule has 0 aliphatic carbocycles. The summed E-state index contributed by atoms with van der Waals surface area (Å²) in [6.45, 7) is 2.06. The van der Waals surface area contributed by atoms with Gasteiger partial charge >= 0.3 is 0 Å². The summed E-state index contributed by atoms with van der Waals surface area (Å²) in [5, 5.41) is 1.14. The Morgan fingerprint density at radius 2 is 1.92 bits per heavy atom. The van der Waals surface area contributed by atoms with Crippen molar-refractivity contribution in [1.82, 2.24) is 4.98 Å². The molecule has 0 atom stereocenters. The van der Waals surface area contributed by atoms with Gasteiger partial charge in [-0.2, -0.15) is 0 Å². The van der Waals surface area contributed by atoms with Crippen molar-refractivity contribution in [2.24, 2.45) is 0 Å². The molecule has 0 unspecified atom stereocenters. The van der Waals surface area contributed by atoms with Crippen LogP contribution >= 0.6 is 0 Å². The lowest BCUT2D eigenvalue weighted by molar-refractivity contribution is 0.399. The molecule has 2 heteroatoms. The first-order valence-corrected chi connectivity index (χ1v) is 4.21. The number of hydrogen-bond acceptors (Lipinski definition) is 2. The summed E-state index contributed by atoms with van der Waals surface area (Å²) in [6.07, 6.45) is 0. The van der Waals surface area contributed by atoms with Gasteiger partial charge in [-0.25, -0.2) is 4.98 Å². The third kappa shape index (κ3) is 1.47. The highest BCUT2D eigenvalue weighted by Gasteiger charge is 1.97. The highest BCUT2D eigenvalue weighted by molar-refractivity contribution is 5.79. The Bertz CT molecular complexity index is 437. The van der Waals surface area contributed by atoms with Crippen LogP contribution in [0.25, 0.3) is 10.9 Å². The molecule has 0 saturated heterocycles. The molecule has 1 aromatic carbocycles. The van der Waals surface area contributed by atoms with Crippen LogP contribution in [-0.2, 0) is 0 Å². The average molecular weight is 173 g/mol. The van der Waals surface area contributed by atoms with E-state index in [1.54, 1.807) is 7.11 Å². The van der Waals surface area contributed by atoms with E-state index < -0.39 is 0 Å². The van der Waals surface area contributed by atoms with Crippen LogP contribution in [0.2, 0.25) is 0 Å². The smallest absolute Gasteiger partial charge is 0.213 e. The largest absolute Gasteiger partial charge is 0.481 e. The SMILES string of the molecule is COc1ccc2ccc(C)cc2n1. The van der Waals surface area contributed by atoms with Crippen molar-refractivity contribution in [2.45, 2.75) is 6.92 Å². The van der Waals surface area contributed by atoms with E-state index >= 15 is 0 Å². The van der Waals surface area contributed by atoms with Gasteiger partial charge < -0.3 is 4.74 Å². The maximum absolute atomic E-state index is 5.05. The maximum atomic E-state index is 5.05. The third-order valence-electron chi connectivity index (χ3n) is 2.03. The van der Waals surface area contributed by atoms with Crippen LogP contribution in [0.3, 0.4) is 0 Å². The third-order valence-corrected chi connectivity index (χ3v) is 2.03. The van der Waals surface area contributed by atoms with E-state index in [-0.39, 0.29) is 0 Å². The minimum Gasteiger partial charge on any atom is -0.481 e. The molecule has 0 spiro atoms. The Labute approximate surface area is 77.2 Å². The molecular formula is C11H11NO. The first-order chi connectivity index (χ1) is 6.29. The van der Waals surface area contributed by atoms with Gasteiger partial charge in [0.05, 0.1) is 12.6 Å². The minimum absolute atomic E-state index is 0.665. The second-order valence-corrected chi connectivity index (χ2v) is 3.05. The van der Waals surface area contributed by atoms with Crippen molar-refractivity contribution in [1.29, 1.82) is 0 Å². The fourth-order valence-corrected chi connectivity index (χ4v) is 1.32. The summed E-state index contributed by atoms with van der Waals surface area (Å²) in [7, 11) is 1.63. The quantitative estimate of drug-likeness (QED) is 0.661. The first-order valence-electron chi connectivity index (χ1n) is 4.21. The fraction of sp³-hybridized carbons (Fsp3) is 0.182. The van der Waals surface area contributed by atoms with Gasteiger partial charge in [0.2, 0.25) is 5.88 Å². The zero-order valence-electron chi connectivity index (χ0n) is 7.74. The molecule has 0 aliphatic heterocycles. The highest BCUT2D eigenvalue weighted by atomic mass is 16.5. The number of hydrogen-bond donors (Lipinski definition) is 0. The van der Waals surface area contributed by atoms with Gasteiger partial charge in [0.15, 0.2) is 0 Å². The van der Waals surface area contributed by atoms with Crippen LogP contribution in [0, 0.1) is 6.92 Å². The summed E-state index contributed by atoms with van der Waals surface area (Å²) in [6, 6.07) is 10.1. The van der Waals surface area contributed by atoms with E-state index in [0.29, 0.717) is 5.88 Å². The summed E-state index contributed by atoms with van der Waals surface area (Å²) in [4.78, 5) is 4.33. The molecule has 0 fully saturated rings. The molecule has 66 valence electrons. The van der Waals surface area contributed by atoms with E-state index in [2.05, 4.69) is 30.1 Å². The second kappa shape index (κ2) is 3.05. The second-order valence-electron chi connectivity index (χ2n) is 3.05. The molecule has 0 saturated carbocycles. The predicted molar refractivity (Wildman–Crippen MR) is 53.0 cm³/mol.